The van der Waals surface area contributed by atoms with Crippen LogP contribution in [0.25, 0.3) is 0 Å². The molecule has 0 unspecified atom stereocenters. The van der Waals surface area contributed by atoms with Gasteiger partial charge in [0.15, 0.2) is 0 Å². The summed E-state index contributed by atoms with van der Waals surface area (Å²) in [4.78, 5) is 11.8. The fourth-order valence-corrected chi connectivity index (χ4v) is 1.31. The molecule has 0 atom stereocenters. The lowest BCUT2D eigenvalue weighted by atomic mass is 10.1. The molecule has 1 aromatic heterocycles. The highest BCUT2D eigenvalue weighted by Gasteiger charge is 2.11. The zero-order valence-corrected chi connectivity index (χ0v) is 9.02. The van der Waals surface area contributed by atoms with Crippen molar-refractivity contribution in [2.75, 3.05) is 5.32 Å². The summed E-state index contributed by atoms with van der Waals surface area (Å²) in [7, 11) is 0. The van der Waals surface area contributed by atoms with Crippen LogP contribution in [0.2, 0.25) is 0 Å². The van der Waals surface area contributed by atoms with E-state index in [9.17, 15) is 4.79 Å². The van der Waals surface area contributed by atoms with Crippen molar-refractivity contribution in [1.29, 1.82) is 0 Å². The molecule has 5 nitrogen and oxygen atoms in total. The summed E-state index contributed by atoms with van der Waals surface area (Å²) < 4.78 is 4.49. The summed E-state index contributed by atoms with van der Waals surface area (Å²) in [5.74, 6) is 0.133. The average Bonchev–Trinajstić information content (AvgIpc) is 2.64. The smallest absolute Gasteiger partial charge is 0.256 e. The average molecular weight is 217 g/mol. The van der Waals surface area contributed by atoms with E-state index in [4.69, 9.17) is 0 Å². The van der Waals surface area contributed by atoms with E-state index in [1.165, 1.54) is 0 Å². The van der Waals surface area contributed by atoms with Gasteiger partial charge < -0.3 is 5.32 Å². The number of hydrogen-bond acceptors (Lipinski definition) is 4. The predicted octanol–water partition coefficient (Wildman–Crippen LogP) is 1.94. The van der Waals surface area contributed by atoms with E-state index in [0.717, 1.165) is 5.56 Å². The van der Waals surface area contributed by atoms with Gasteiger partial charge in [-0.15, -0.1) is 0 Å². The number of rotatable bonds is 2. The predicted molar refractivity (Wildman–Crippen MR) is 58.2 cm³/mol. The molecule has 2 rings (SSSR count). The summed E-state index contributed by atoms with van der Waals surface area (Å²) in [6.45, 7) is 3.64. The Labute approximate surface area is 92.4 Å². The largest absolute Gasteiger partial charge is 0.302 e. The highest BCUT2D eigenvalue weighted by atomic mass is 16.6. The molecule has 0 fully saturated rings. The van der Waals surface area contributed by atoms with Gasteiger partial charge in [-0.2, -0.15) is 0 Å². The highest BCUT2D eigenvalue weighted by Crippen LogP contribution is 2.10. The molecular weight excluding hydrogens is 206 g/mol. The van der Waals surface area contributed by atoms with Crippen molar-refractivity contribution in [2.45, 2.75) is 13.8 Å². The van der Waals surface area contributed by atoms with E-state index in [1.54, 1.807) is 19.1 Å². The number of anilines is 1. The van der Waals surface area contributed by atoms with E-state index < -0.39 is 0 Å². The summed E-state index contributed by atoms with van der Waals surface area (Å²) in [5.41, 5.74) is 2.17. The van der Waals surface area contributed by atoms with Crippen LogP contribution in [0, 0.1) is 13.8 Å². The number of nitrogens with zero attached hydrogens (tertiary/aromatic N) is 2. The van der Waals surface area contributed by atoms with E-state index in [1.807, 2.05) is 19.1 Å². The first-order chi connectivity index (χ1) is 7.66. The van der Waals surface area contributed by atoms with E-state index in [0.29, 0.717) is 17.1 Å². The minimum Gasteiger partial charge on any atom is -0.302 e. The second kappa shape index (κ2) is 4.14. The van der Waals surface area contributed by atoms with Gasteiger partial charge in [-0.05, 0) is 31.1 Å². The molecule has 1 N–H and O–H groups in total. The molecule has 1 aromatic carbocycles. The third-order valence-electron chi connectivity index (χ3n) is 2.16. The lowest BCUT2D eigenvalue weighted by Crippen LogP contribution is -2.12. The van der Waals surface area contributed by atoms with E-state index in [2.05, 4.69) is 20.3 Å². The number of hydrogen-bond donors (Lipinski definition) is 1. The Morgan fingerprint density at radius 2 is 2.12 bits per heavy atom. The van der Waals surface area contributed by atoms with Crippen LogP contribution in [-0.2, 0) is 0 Å². The molecule has 0 saturated heterocycles. The number of benzene rings is 1. The number of aromatic nitrogens is 2. The van der Waals surface area contributed by atoms with Gasteiger partial charge in [0.05, 0.1) is 0 Å². The maximum Gasteiger partial charge on any atom is 0.256 e. The van der Waals surface area contributed by atoms with Crippen LogP contribution in [0.3, 0.4) is 0 Å². The first-order valence-corrected chi connectivity index (χ1v) is 4.84. The van der Waals surface area contributed by atoms with Crippen LogP contribution >= 0.6 is 0 Å². The fraction of sp³-hybridized carbons (Fsp3) is 0.182. The lowest BCUT2D eigenvalue weighted by Gasteiger charge is -2.02. The zero-order chi connectivity index (χ0) is 11.5. The second-order valence-electron chi connectivity index (χ2n) is 3.52. The minimum absolute atomic E-state index is 0.220. The maximum absolute atomic E-state index is 11.8. The van der Waals surface area contributed by atoms with Gasteiger partial charge in [0, 0.05) is 5.56 Å². The molecule has 0 bridgehead atoms. The van der Waals surface area contributed by atoms with Crippen molar-refractivity contribution >= 4 is 11.7 Å². The van der Waals surface area contributed by atoms with Crippen molar-refractivity contribution in [1.82, 2.24) is 10.3 Å². The Hall–Kier alpha value is -2.17. The molecule has 0 saturated carbocycles. The second-order valence-corrected chi connectivity index (χ2v) is 3.52. The third-order valence-corrected chi connectivity index (χ3v) is 2.16. The standard InChI is InChI=1S/C11H11N3O2/c1-7-4-3-5-9(6-7)11(15)12-10-8(2)13-16-14-10/h3-6H,1-2H3,(H,12,14,15). The van der Waals surface area contributed by atoms with Crippen molar-refractivity contribution in [3.05, 3.63) is 41.1 Å². The minimum atomic E-state index is -0.220. The first-order valence-electron chi connectivity index (χ1n) is 4.84. The molecule has 82 valence electrons. The normalized spacial score (nSPS) is 10.1. The van der Waals surface area contributed by atoms with Crippen molar-refractivity contribution < 1.29 is 9.42 Å². The summed E-state index contributed by atoms with van der Waals surface area (Å²) in [6.07, 6.45) is 0. The molecule has 2 aromatic rings. The molecular formula is C11H11N3O2. The molecule has 5 heteroatoms. The maximum atomic E-state index is 11.8. The van der Waals surface area contributed by atoms with Gasteiger partial charge >= 0.3 is 0 Å². The molecule has 0 aliphatic carbocycles. The Morgan fingerprint density at radius 3 is 2.75 bits per heavy atom. The van der Waals surface area contributed by atoms with E-state index in [-0.39, 0.29) is 5.91 Å². The van der Waals surface area contributed by atoms with Crippen LogP contribution in [0.15, 0.2) is 28.9 Å². The van der Waals surface area contributed by atoms with Crippen LogP contribution in [-0.4, -0.2) is 16.2 Å². The van der Waals surface area contributed by atoms with Gasteiger partial charge in [-0.1, -0.05) is 22.9 Å². The van der Waals surface area contributed by atoms with Gasteiger partial charge in [0.25, 0.3) is 5.91 Å². The number of nitrogens with one attached hydrogen (secondary N) is 1. The van der Waals surface area contributed by atoms with Crippen LogP contribution in [0.1, 0.15) is 21.6 Å². The van der Waals surface area contributed by atoms with Crippen molar-refractivity contribution in [3.8, 4) is 0 Å². The zero-order valence-electron chi connectivity index (χ0n) is 9.02. The molecule has 1 heterocycles. The fourth-order valence-electron chi connectivity index (χ4n) is 1.31. The number of carbonyl (C=O) groups is 1. The molecule has 1 amide bonds. The Morgan fingerprint density at radius 1 is 1.31 bits per heavy atom. The summed E-state index contributed by atoms with van der Waals surface area (Å²) >= 11 is 0. The number of aryl methyl sites for hydroxylation is 2. The van der Waals surface area contributed by atoms with Crippen LogP contribution in [0.5, 0.6) is 0 Å². The monoisotopic (exact) mass is 217 g/mol. The Kier molecular flexibility index (Phi) is 2.68. The highest BCUT2D eigenvalue weighted by molar-refractivity contribution is 6.04. The summed E-state index contributed by atoms with van der Waals surface area (Å²) in [6, 6.07) is 7.31. The van der Waals surface area contributed by atoms with Gasteiger partial charge in [0.2, 0.25) is 5.82 Å². The lowest BCUT2D eigenvalue weighted by molar-refractivity contribution is 0.102. The topological polar surface area (TPSA) is 68.0 Å². The molecule has 0 radical (unpaired) electrons. The van der Waals surface area contributed by atoms with Gasteiger partial charge in [0.1, 0.15) is 5.69 Å². The van der Waals surface area contributed by atoms with Gasteiger partial charge in [-0.3, -0.25) is 4.79 Å². The van der Waals surface area contributed by atoms with E-state index >= 15 is 0 Å². The van der Waals surface area contributed by atoms with Crippen molar-refractivity contribution in [3.63, 3.8) is 0 Å². The Bertz CT molecular complexity index is 519. The van der Waals surface area contributed by atoms with Crippen LogP contribution in [0.4, 0.5) is 5.82 Å². The first kappa shape index (κ1) is 10.4. The summed E-state index contributed by atoms with van der Waals surface area (Å²) in [5, 5.41) is 9.79. The van der Waals surface area contributed by atoms with Crippen LogP contribution < -0.4 is 5.32 Å². The molecule has 16 heavy (non-hydrogen) atoms. The molecule has 0 aliphatic rings. The molecule has 0 aliphatic heterocycles. The Balaban J connectivity index is 2.18. The third kappa shape index (κ3) is 2.08. The SMILES string of the molecule is Cc1cccc(C(=O)Nc2nonc2C)c1. The molecule has 0 spiro atoms. The van der Waals surface area contributed by atoms with Crippen molar-refractivity contribution in [2.24, 2.45) is 0 Å². The quantitative estimate of drug-likeness (QED) is 0.834. The number of amides is 1. The number of carbonyl (C=O) groups excluding carboxylic acids is 1. The van der Waals surface area contributed by atoms with Gasteiger partial charge in [-0.25, -0.2) is 4.63 Å².